The van der Waals surface area contributed by atoms with Gasteiger partial charge in [-0.25, -0.2) is 13.9 Å². The molecular weight excluding hydrogens is 423 g/mol. The lowest BCUT2D eigenvalue weighted by Crippen LogP contribution is -2.46. The Morgan fingerprint density at radius 3 is 2.61 bits per heavy atom. The highest BCUT2D eigenvalue weighted by molar-refractivity contribution is 5.79. The molecule has 0 aliphatic carbocycles. The minimum Gasteiger partial charge on any atom is -0.377 e. The van der Waals surface area contributed by atoms with Crippen molar-refractivity contribution >= 4 is 11.6 Å². The second-order valence-corrected chi connectivity index (χ2v) is 7.94. The number of aromatic nitrogens is 4. The van der Waals surface area contributed by atoms with Gasteiger partial charge in [0, 0.05) is 31.5 Å². The molecular formula is C24H21FN6O2. The second-order valence-electron chi connectivity index (χ2n) is 7.94. The SMILES string of the molecule is [C-]#[N+]c1c(F)ccc(C#CC2(O)CCN(C(=O)Cc3ccc(-n4cnnn4)cc3)CC2)c1C. The highest BCUT2D eigenvalue weighted by Crippen LogP contribution is 2.26. The Bertz CT molecular complexity index is 1260. The Morgan fingerprint density at radius 2 is 1.97 bits per heavy atom. The summed E-state index contributed by atoms with van der Waals surface area (Å²) in [5.41, 5.74) is 1.36. The zero-order valence-electron chi connectivity index (χ0n) is 18.0. The molecule has 33 heavy (non-hydrogen) atoms. The predicted molar refractivity (Wildman–Crippen MR) is 118 cm³/mol. The average Bonchev–Trinajstić information content (AvgIpc) is 3.35. The Labute approximate surface area is 190 Å². The summed E-state index contributed by atoms with van der Waals surface area (Å²) < 4.78 is 15.2. The minimum atomic E-state index is -1.23. The number of piperidine rings is 1. The van der Waals surface area contributed by atoms with Crippen molar-refractivity contribution in [2.75, 3.05) is 13.1 Å². The molecule has 0 spiro atoms. The van der Waals surface area contributed by atoms with Crippen LogP contribution in [0.25, 0.3) is 10.5 Å². The lowest BCUT2D eigenvalue weighted by atomic mass is 9.91. The number of carbonyl (C=O) groups is 1. The Hall–Kier alpha value is -4.08. The van der Waals surface area contributed by atoms with E-state index in [9.17, 15) is 14.3 Å². The lowest BCUT2D eigenvalue weighted by molar-refractivity contribution is -0.133. The molecule has 0 unspecified atom stereocenters. The van der Waals surface area contributed by atoms with Crippen molar-refractivity contribution in [3.8, 4) is 17.5 Å². The van der Waals surface area contributed by atoms with Crippen LogP contribution >= 0.6 is 0 Å². The Balaban J connectivity index is 1.36. The predicted octanol–water partition coefficient (Wildman–Crippen LogP) is 2.61. The Morgan fingerprint density at radius 1 is 1.24 bits per heavy atom. The molecule has 3 aromatic rings. The van der Waals surface area contributed by atoms with Crippen LogP contribution < -0.4 is 0 Å². The summed E-state index contributed by atoms with van der Waals surface area (Å²) in [6, 6.07) is 10.1. The van der Waals surface area contributed by atoms with E-state index in [1.165, 1.54) is 23.1 Å². The summed E-state index contributed by atoms with van der Waals surface area (Å²) in [5.74, 6) is 5.18. The maximum absolute atomic E-state index is 13.7. The lowest BCUT2D eigenvalue weighted by Gasteiger charge is -2.35. The third-order valence-corrected chi connectivity index (χ3v) is 5.77. The van der Waals surface area contributed by atoms with Gasteiger partial charge < -0.3 is 10.0 Å². The molecule has 4 rings (SSSR count). The monoisotopic (exact) mass is 444 g/mol. The van der Waals surface area contributed by atoms with Gasteiger partial charge in [-0.1, -0.05) is 24.0 Å². The molecule has 2 aromatic carbocycles. The summed E-state index contributed by atoms with van der Waals surface area (Å²) in [7, 11) is 0. The number of carbonyl (C=O) groups excluding carboxylic acids is 1. The Kier molecular flexibility index (Phi) is 6.16. The van der Waals surface area contributed by atoms with E-state index in [-0.39, 0.29) is 18.0 Å². The quantitative estimate of drug-likeness (QED) is 0.496. The average molecular weight is 444 g/mol. The highest BCUT2D eigenvalue weighted by Gasteiger charge is 2.32. The van der Waals surface area contributed by atoms with Crippen molar-refractivity contribution in [2.45, 2.75) is 31.8 Å². The zero-order valence-corrected chi connectivity index (χ0v) is 18.0. The minimum absolute atomic E-state index is 0.0174. The summed E-state index contributed by atoms with van der Waals surface area (Å²) in [6.45, 7) is 9.54. The van der Waals surface area contributed by atoms with E-state index in [4.69, 9.17) is 6.57 Å². The summed E-state index contributed by atoms with van der Waals surface area (Å²) in [5, 5.41) is 21.9. The number of tetrazole rings is 1. The summed E-state index contributed by atoms with van der Waals surface area (Å²) >= 11 is 0. The fraction of sp³-hybridized carbons (Fsp3) is 0.292. The zero-order chi connectivity index (χ0) is 23.4. The van der Waals surface area contributed by atoms with E-state index in [1.807, 2.05) is 24.3 Å². The molecule has 8 nitrogen and oxygen atoms in total. The van der Waals surface area contributed by atoms with Crippen LogP contribution in [0.4, 0.5) is 10.1 Å². The van der Waals surface area contributed by atoms with Crippen LogP contribution in [-0.4, -0.2) is 54.8 Å². The van der Waals surface area contributed by atoms with Gasteiger partial charge in [0.25, 0.3) is 0 Å². The number of amides is 1. The smallest absolute Gasteiger partial charge is 0.226 e. The maximum Gasteiger partial charge on any atom is 0.226 e. The molecule has 1 aromatic heterocycles. The van der Waals surface area contributed by atoms with Crippen molar-refractivity contribution in [3.63, 3.8) is 0 Å². The van der Waals surface area contributed by atoms with Crippen molar-refractivity contribution in [1.29, 1.82) is 0 Å². The molecule has 0 atom stereocenters. The van der Waals surface area contributed by atoms with E-state index in [0.29, 0.717) is 37.1 Å². The van der Waals surface area contributed by atoms with Gasteiger partial charge in [-0.15, -0.1) is 5.10 Å². The van der Waals surface area contributed by atoms with Crippen molar-refractivity contribution < 1.29 is 14.3 Å². The molecule has 1 aliphatic heterocycles. The van der Waals surface area contributed by atoms with E-state index >= 15 is 0 Å². The van der Waals surface area contributed by atoms with Crippen molar-refractivity contribution in [1.82, 2.24) is 25.1 Å². The first-order valence-corrected chi connectivity index (χ1v) is 10.4. The summed E-state index contributed by atoms with van der Waals surface area (Å²) in [6.07, 6.45) is 2.40. The van der Waals surface area contributed by atoms with E-state index in [2.05, 4.69) is 32.2 Å². The van der Waals surface area contributed by atoms with Gasteiger partial charge in [-0.2, -0.15) is 0 Å². The topological polar surface area (TPSA) is 88.5 Å². The summed E-state index contributed by atoms with van der Waals surface area (Å²) in [4.78, 5) is 17.7. The standard InChI is InChI=1S/C24H21FN6O2/c1-17-19(5-8-21(25)23(17)26-2)9-10-24(33)11-13-30(14-12-24)22(32)15-18-3-6-20(7-4-18)31-16-27-28-29-31/h3-8,16,33H,11-15H2,1H3. The molecule has 166 valence electrons. The number of aliphatic hydroxyl groups is 1. The van der Waals surface area contributed by atoms with Crippen LogP contribution in [0.2, 0.25) is 0 Å². The van der Waals surface area contributed by atoms with Crippen LogP contribution in [0.5, 0.6) is 0 Å². The fourth-order valence-electron chi connectivity index (χ4n) is 3.71. The molecule has 1 aliphatic rings. The number of likely N-dealkylation sites (tertiary alicyclic amines) is 1. The molecule has 0 radical (unpaired) electrons. The first-order valence-electron chi connectivity index (χ1n) is 10.4. The van der Waals surface area contributed by atoms with Crippen molar-refractivity contribution in [3.05, 3.63) is 76.7 Å². The number of nitrogens with zero attached hydrogens (tertiary/aromatic N) is 6. The van der Waals surface area contributed by atoms with Crippen LogP contribution in [-0.2, 0) is 11.2 Å². The van der Waals surface area contributed by atoms with Crippen molar-refractivity contribution in [2.24, 2.45) is 0 Å². The van der Waals surface area contributed by atoms with Gasteiger partial charge in [0.2, 0.25) is 11.6 Å². The molecule has 1 amide bonds. The largest absolute Gasteiger partial charge is 0.377 e. The first kappa shape index (κ1) is 22.1. The molecule has 1 saturated heterocycles. The number of hydrogen-bond donors (Lipinski definition) is 1. The molecule has 0 saturated carbocycles. The van der Waals surface area contributed by atoms with Gasteiger partial charge in [0.1, 0.15) is 17.7 Å². The first-order chi connectivity index (χ1) is 15.9. The van der Waals surface area contributed by atoms with Gasteiger partial charge in [-0.3, -0.25) is 4.79 Å². The van der Waals surface area contributed by atoms with Crippen LogP contribution in [0.3, 0.4) is 0 Å². The van der Waals surface area contributed by atoms with E-state index in [1.54, 1.807) is 11.8 Å². The number of rotatable bonds is 3. The number of halogens is 1. The van der Waals surface area contributed by atoms with Gasteiger partial charge in [-0.05, 0) is 52.7 Å². The normalized spacial score (nSPS) is 14.8. The van der Waals surface area contributed by atoms with Crippen LogP contribution in [0.1, 0.15) is 29.5 Å². The fourth-order valence-corrected chi connectivity index (χ4v) is 3.71. The van der Waals surface area contributed by atoms with Gasteiger partial charge in [0.05, 0.1) is 18.7 Å². The molecule has 9 heteroatoms. The third kappa shape index (κ3) is 4.89. The highest BCUT2D eigenvalue weighted by atomic mass is 19.1. The van der Waals surface area contributed by atoms with Crippen LogP contribution in [0.15, 0.2) is 42.7 Å². The maximum atomic E-state index is 13.7. The van der Waals surface area contributed by atoms with Crippen LogP contribution in [0, 0.1) is 31.2 Å². The molecule has 0 bridgehead atoms. The number of benzene rings is 2. The molecule has 1 fully saturated rings. The second kappa shape index (κ2) is 9.19. The number of hydrogen-bond acceptors (Lipinski definition) is 5. The third-order valence-electron chi connectivity index (χ3n) is 5.77. The molecule has 1 N–H and O–H groups in total. The van der Waals surface area contributed by atoms with E-state index < -0.39 is 11.4 Å². The molecule has 2 heterocycles. The van der Waals surface area contributed by atoms with Gasteiger partial charge in [0.15, 0.2) is 0 Å². The van der Waals surface area contributed by atoms with Gasteiger partial charge >= 0.3 is 0 Å². The van der Waals surface area contributed by atoms with E-state index in [0.717, 1.165) is 11.3 Å².